The average Bonchev–Trinajstić information content (AvgIpc) is 2.68. The van der Waals surface area contributed by atoms with Crippen molar-refractivity contribution in [2.75, 3.05) is 12.4 Å². The molecule has 1 atom stereocenters. The number of methoxy groups -OCH3 is 1. The summed E-state index contributed by atoms with van der Waals surface area (Å²) in [5.41, 5.74) is 4.06. The Hall–Kier alpha value is -3.19. The van der Waals surface area contributed by atoms with Crippen LogP contribution in [0.25, 0.3) is 10.9 Å². The van der Waals surface area contributed by atoms with E-state index < -0.39 is 11.8 Å². The van der Waals surface area contributed by atoms with Crippen LogP contribution < -0.4 is 15.5 Å². The number of aromatic nitrogens is 2. The Morgan fingerprint density at radius 3 is 2.57 bits per heavy atom. The number of nitrogens with one attached hydrogen (secondary N) is 2. The highest BCUT2D eigenvalue weighted by atomic mass is 16.5. The summed E-state index contributed by atoms with van der Waals surface area (Å²) in [6.45, 7) is 5.68. The number of hydrogen-bond acceptors (Lipinski definition) is 6. The second-order valence-corrected chi connectivity index (χ2v) is 6.92. The molecular weight excluding hydrogens is 356 g/mol. The third kappa shape index (κ3) is 3.89. The van der Waals surface area contributed by atoms with Gasteiger partial charge in [-0.05, 0) is 43.2 Å². The number of aryl methyl sites for hydroxylation is 1. The third-order valence-corrected chi connectivity index (χ3v) is 4.60. The van der Waals surface area contributed by atoms with Crippen LogP contribution in [0, 0.1) is 12.8 Å². The molecule has 1 heterocycles. The molecule has 0 radical (unpaired) electrons. The Kier molecular flexibility index (Phi) is 5.75. The maximum absolute atomic E-state index is 12.3. The SMILES string of the molecule is COc1ccc(Nc2nc(C)nc3ccccc23)cc1C(C(=O)NO)C(C)C. The van der Waals surface area contributed by atoms with Crippen molar-refractivity contribution in [3.8, 4) is 5.75 Å². The van der Waals surface area contributed by atoms with Crippen LogP contribution in [0.15, 0.2) is 42.5 Å². The van der Waals surface area contributed by atoms with Crippen molar-refractivity contribution in [3.05, 3.63) is 53.9 Å². The number of rotatable bonds is 6. The maximum Gasteiger partial charge on any atom is 0.251 e. The highest BCUT2D eigenvalue weighted by molar-refractivity contribution is 5.91. The molecule has 2 aromatic carbocycles. The number of benzene rings is 2. The summed E-state index contributed by atoms with van der Waals surface area (Å²) in [5.74, 6) is 0.843. The fourth-order valence-corrected chi connectivity index (χ4v) is 3.35. The number of nitrogens with zero attached hydrogens (tertiary/aromatic N) is 2. The van der Waals surface area contributed by atoms with Crippen molar-refractivity contribution < 1.29 is 14.7 Å². The van der Waals surface area contributed by atoms with E-state index in [1.54, 1.807) is 18.7 Å². The molecule has 28 heavy (non-hydrogen) atoms. The van der Waals surface area contributed by atoms with Crippen LogP contribution in [0.3, 0.4) is 0 Å². The van der Waals surface area contributed by atoms with Gasteiger partial charge < -0.3 is 10.1 Å². The molecule has 3 N–H and O–H groups in total. The molecule has 0 aliphatic carbocycles. The second-order valence-electron chi connectivity index (χ2n) is 6.92. The lowest BCUT2D eigenvalue weighted by atomic mass is 9.87. The molecule has 1 aromatic heterocycles. The van der Waals surface area contributed by atoms with Crippen molar-refractivity contribution in [3.63, 3.8) is 0 Å². The molecule has 146 valence electrons. The van der Waals surface area contributed by atoms with Crippen LogP contribution in [0.2, 0.25) is 0 Å². The molecule has 0 saturated heterocycles. The van der Waals surface area contributed by atoms with Crippen LogP contribution in [-0.4, -0.2) is 28.2 Å². The lowest BCUT2D eigenvalue weighted by Gasteiger charge is -2.22. The Morgan fingerprint density at radius 2 is 1.89 bits per heavy atom. The van der Waals surface area contributed by atoms with Crippen molar-refractivity contribution in [2.45, 2.75) is 26.7 Å². The van der Waals surface area contributed by atoms with Crippen LogP contribution >= 0.6 is 0 Å². The van der Waals surface area contributed by atoms with E-state index in [-0.39, 0.29) is 5.92 Å². The number of anilines is 2. The summed E-state index contributed by atoms with van der Waals surface area (Å²) in [6, 6.07) is 13.3. The number of amides is 1. The largest absolute Gasteiger partial charge is 0.496 e. The van der Waals surface area contributed by atoms with E-state index in [0.29, 0.717) is 23.0 Å². The van der Waals surface area contributed by atoms with E-state index in [1.165, 1.54) is 0 Å². The van der Waals surface area contributed by atoms with Gasteiger partial charge in [0.25, 0.3) is 5.91 Å². The smallest absolute Gasteiger partial charge is 0.251 e. The molecule has 1 amide bonds. The number of carbonyl (C=O) groups is 1. The minimum Gasteiger partial charge on any atom is -0.496 e. The summed E-state index contributed by atoms with van der Waals surface area (Å²) >= 11 is 0. The Balaban J connectivity index is 2.06. The average molecular weight is 380 g/mol. The number of fused-ring (bicyclic) bond motifs is 1. The summed E-state index contributed by atoms with van der Waals surface area (Å²) in [6.07, 6.45) is 0. The van der Waals surface area contributed by atoms with Gasteiger partial charge >= 0.3 is 0 Å². The first kappa shape index (κ1) is 19.6. The predicted molar refractivity (Wildman–Crippen MR) is 108 cm³/mol. The highest BCUT2D eigenvalue weighted by Crippen LogP contribution is 2.35. The van der Waals surface area contributed by atoms with E-state index in [9.17, 15) is 4.79 Å². The molecule has 0 fully saturated rings. The zero-order valence-corrected chi connectivity index (χ0v) is 16.4. The number of hydrogen-bond donors (Lipinski definition) is 3. The van der Waals surface area contributed by atoms with E-state index in [0.717, 1.165) is 16.6 Å². The molecule has 0 aliphatic rings. The van der Waals surface area contributed by atoms with Gasteiger partial charge in [-0.3, -0.25) is 10.0 Å². The number of carbonyl (C=O) groups excluding carboxylic acids is 1. The maximum atomic E-state index is 12.3. The zero-order chi connectivity index (χ0) is 20.3. The lowest BCUT2D eigenvalue weighted by molar-refractivity contribution is -0.131. The summed E-state index contributed by atoms with van der Waals surface area (Å²) in [5, 5.41) is 13.4. The first-order valence-electron chi connectivity index (χ1n) is 9.07. The zero-order valence-electron chi connectivity index (χ0n) is 16.4. The topological polar surface area (TPSA) is 96.4 Å². The van der Waals surface area contributed by atoms with Gasteiger partial charge in [-0.25, -0.2) is 15.4 Å². The van der Waals surface area contributed by atoms with Crippen LogP contribution in [0.5, 0.6) is 5.75 Å². The molecule has 1 unspecified atom stereocenters. The quantitative estimate of drug-likeness (QED) is 0.443. The molecule has 7 heteroatoms. The summed E-state index contributed by atoms with van der Waals surface area (Å²) in [7, 11) is 1.56. The van der Waals surface area contributed by atoms with Crippen molar-refractivity contribution >= 4 is 28.3 Å². The fourth-order valence-electron chi connectivity index (χ4n) is 3.35. The van der Waals surface area contributed by atoms with Gasteiger partial charge in [0.15, 0.2) is 0 Å². The van der Waals surface area contributed by atoms with Crippen LogP contribution in [0.1, 0.15) is 31.2 Å². The summed E-state index contributed by atoms with van der Waals surface area (Å²) in [4.78, 5) is 21.2. The molecular formula is C21H24N4O3. The molecule has 3 aromatic rings. The first-order chi connectivity index (χ1) is 13.4. The van der Waals surface area contributed by atoms with E-state index in [1.807, 2.05) is 57.2 Å². The minimum atomic E-state index is -0.564. The van der Waals surface area contributed by atoms with E-state index in [2.05, 4.69) is 15.3 Å². The van der Waals surface area contributed by atoms with E-state index >= 15 is 0 Å². The molecule has 7 nitrogen and oxygen atoms in total. The normalized spacial score (nSPS) is 12.1. The van der Waals surface area contributed by atoms with Gasteiger partial charge in [-0.15, -0.1) is 0 Å². The minimum absolute atomic E-state index is 0.0431. The molecule has 0 aliphatic heterocycles. The monoisotopic (exact) mass is 380 g/mol. The third-order valence-electron chi connectivity index (χ3n) is 4.60. The van der Waals surface area contributed by atoms with Gasteiger partial charge in [0, 0.05) is 16.6 Å². The van der Waals surface area contributed by atoms with E-state index in [4.69, 9.17) is 9.94 Å². The molecule has 0 bridgehead atoms. The number of para-hydroxylation sites is 1. The standard InChI is InChI=1S/C21H24N4O3/c1-12(2)19(21(26)25-27)16-11-14(9-10-18(16)28-4)24-20-15-7-5-6-8-17(15)22-13(3)23-20/h5-12,19,27H,1-4H3,(H,25,26)(H,22,23,24). The Bertz CT molecular complexity index is 1000. The number of hydroxylamine groups is 1. The Morgan fingerprint density at radius 1 is 1.14 bits per heavy atom. The molecule has 3 rings (SSSR count). The molecule has 0 saturated carbocycles. The second kappa shape index (κ2) is 8.22. The van der Waals surface area contributed by atoms with Gasteiger partial charge in [0.05, 0.1) is 18.5 Å². The van der Waals surface area contributed by atoms with Crippen LogP contribution in [-0.2, 0) is 4.79 Å². The van der Waals surface area contributed by atoms with Crippen molar-refractivity contribution in [2.24, 2.45) is 5.92 Å². The lowest BCUT2D eigenvalue weighted by Crippen LogP contribution is -2.29. The molecule has 0 spiro atoms. The van der Waals surface area contributed by atoms with Gasteiger partial charge in [-0.1, -0.05) is 26.0 Å². The van der Waals surface area contributed by atoms with Crippen molar-refractivity contribution in [1.82, 2.24) is 15.4 Å². The van der Waals surface area contributed by atoms with Crippen LogP contribution in [0.4, 0.5) is 11.5 Å². The van der Waals surface area contributed by atoms with Crippen molar-refractivity contribution in [1.29, 1.82) is 0 Å². The van der Waals surface area contributed by atoms with Gasteiger partial charge in [0.2, 0.25) is 0 Å². The van der Waals surface area contributed by atoms with Gasteiger partial charge in [0.1, 0.15) is 17.4 Å². The summed E-state index contributed by atoms with van der Waals surface area (Å²) < 4.78 is 5.45. The van der Waals surface area contributed by atoms with Gasteiger partial charge in [-0.2, -0.15) is 0 Å². The predicted octanol–water partition coefficient (Wildman–Crippen LogP) is 3.94. The first-order valence-corrected chi connectivity index (χ1v) is 9.07. The Labute approximate surface area is 163 Å². The number of ether oxygens (including phenoxy) is 1. The highest BCUT2D eigenvalue weighted by Gasteiger charge is 2.27. The fraction of sp³-hybridized carbons (Fsp3) is 0.286.